The molecule has 2 nitrogen and oxygen atoms in total. The molecule has 0 aromatic carbocycles. The van der Waals surface area contributed by atoms with Crippen LogP contribution >= 0.6 is 22.4 Å². The number of hydrogen-bond acceptors (Lipinski definition) is 3. The van der Waals surface area contributed by atoms with Crippen molar-refractivity contribution in [3.63, 3.8) is 0 Å². The van der Waals surface area contributed by atoms with Crippen LogP contribution in [0.4, 0.5) is 0 Å². The van der Waals surface area contributed by atoms with Crippen LogP contribution in [0, 0.1) is 0 Å². The maximum absolute atomic E-state index is 3.91. The maximum atomic E-state index is 3.91. The van der Waals surface area contributed by atoms with E-state index in [1.165, 1.54) is 11.5 Å². The molecule has 4 heteroatoms. The standard InChI is InChI=1S/C4H8N2S2/c1-8(2)4-3-7-6-5-4/h3,8H,1-2H3. The predicted molar refractivity (Wildman–Crippen MR) is 39.0 cm³/mol. The fourth-order valence-corrected chi connectivity index (χ4v) is 1.95. The van der Waals surface area contributed by atoms with Crippen LogP contribution in [-0.2, 0) is 0 Å². The van der Waals surface area contributed by atoms with Gasteiger partial charge in [-0.3, -0.25) is 0 Å². The highest BCUT2D eigenvalue weighted by Crippen LogP contribution is 2.25. The van der Waals surface area contributed by atoms with E-state index in [0.717, 1.165) is 5.03 Å². The summed E-state index contributed by atoms with van der Waals surface area (Å²) in [4.78, 5) is 0. The zero-order valence-electron chi connectivity index (χ0n) is 4.83. The van der Waals surface area contributed by atoms with Gasteiger partial charge >= 0.3 is 0 Å². The van der Waals surface area contributed by atoms with E-state index in [0.29, 0.717) is 0 Å². The minimum absolute atomic E-state index is 0.0217. The molecule has 0 spiro atoms. The number of hydrogen-bond donors (Lipinski definition) is 1. The van der Waals surface area contributed by atoms with E-state index in [1.807, 2.05) is 5.38 Å². The molecule has 0 aliphatic rings. The smallest absolute Gasteiger partial charge is 0.111 e. The Morgan fingerprint density at radius 3 is 2.62 bits per heavy atom. The summed E-state index contributed by atoms with van der Waals surface area (Å²) in [6, 6.07) is 0. The Balaban J connectivity index is 2.77. The first-order valence-corrected chi connectivity index (χ1v) is 5.32. The summed E-state index contributed by atoms with van der Waals surface area (Å²) in [5.41, 5.74) is 0. The van der Waals surface area contributed by atoms with Gasteiger partial charge in [0.2, 0.25) is 0 Å². The largest absolute Gasteiger partial charge is 0.213 e. The molecule has 0 bridgehead atoms. The minimum atomic E-state index is -0.0217. The Bertz CT molecular complexity index is 147. The number of thiol groups is 1. The first kappa shape index (κ1) is 6.04. The van der Waals surface area contributed by atoms with Crippen LogP contribution in [0.5, 0.6) is 0 Å². The van der Waals surface area contributed by atoms with Crippen LogP contribution in [0.1, 0.15) is 0 Å². The van der Waals surface area contributed by atoms with E-state index in [1.54, 1.807) is 0 Å². The summed E-state index contributed by atoms with van der Waals surface area (Å²) in [7, 11) is -0.0217. The van der Waals surface area contributed by atoms with E-state index in [9.17, 15) is 0 Å². The van der Waals surface area contributed by atoms with E-state index < -0.39 is 0 Å². The summed E-state index contributed by atoms with van der Waals surface area (Å²) in [6.07, 6.45) is 4.35. The van der Waals surface area contributed by atoms with Gasteiger partial charge in [0.05, 0.1) is 0 Å². The van der Waals surface area contributed by atoms with Crippen molar-refractivity contribution >= 4 is 22.4 Å². The van der Waals surface area contributed by atoms with Gasteiger partial charge in [-0.15, -0.1) is 5.10 Å². The van der Waals surface area contributed by atoms with Crippen LogP contribution < -0.4 is 0 Å². The molecule has 0 aliphatic heterocycles. The SMILES string of the molecule is C[SH](C)c1csnn1. The van der Waals surface area contributed by atoms with Crippen molar-refractivity contribution < 1.29 is 0 Å². The quantitative estimate of drug-likeness (QED) is 0.605. The molecule has 0 unspecified atom stereocenters. The van der Waals surface area contributed by atoms with Gasteiger partial charge in [-0.1, -0.05) is 4.49 Å². The van der Waals surface area contributed by atoms with Crippen LogP contribution in [-0.4, -0.2) is 22.1 Å². The maximum Gasteiger partial charge on any atom is 0.111 e. The van der Waals surface area contributed by atoms with E-state index in [-0.39, 0.29) is 10.9 Å². The highest BCUT2D eigenvalue weighted by atomic mass is 32.2. The third kappa shape index (κ3) is 1.20. The monoisotopic (exact) mass is 148 g/mol. The van der Waals surface area contributed by atoms with Crippen LogP contribution in [0.2, 0.25) is 0 Å². The lowest BCUT2D eigenvalue weighted by molar-refractivity contribution is 1.03. The number of nitrogens with zero attached hydrogens (tertiary/aromatic N) is 2. The van der Waals surface area contributed by atoms with Gasteiger partial charge in [0.25, 0.3) is 0 Å². The first-order chi connectivity index (χ1) is 3.80. The van der Waals surface area contributed by atoms with E-state index >= 15 is 0 Å². The lowest BCUT2D eigenvalue weighted by Crippen LogP contribution is -1.75. The van der Waals surface area contributed by atoms with Gasteiger partial charge in [-0.2, -0.15) is 0 Å². The van der Waals surface area contributed by atoms with Crippen molar-refractivity contribution in [2.24, 2.45) is 0 Å². The molecular formula is C4H8N2S2. The van der Waals surface area contributed by atoms with Gasteiger partial charge in [0, 0.05) is 5.38 Å². The molecule has 0 saturated heterocycles. The molecule has 0 N–H and O–H groups in total. The molecule has 0 aliphatic carbocycles. The Kier molecular flexibility index (Phi) is 1.85. The summed E-state index contributed by atoms with van der Waals surface area (Å²) < 4.78 is 3.75. The average molecular weight is 148 g/mol. The normalized spacial score (nSPS) is 11.5. The Morgan fingerprint density at radius 1 is 1.62 bits per heavy atom. The summed E-state index contributed by atoms with van der Waals surface area (Å²) in [5.74, 6) is 0. The van der Waals surface area contributed by atoms with Crippen molar-refractivity contribution in [2.75, 3.05) is 12.5 Å². The third-order valence-electron chi connectivity index (χ3n) is 0.807. The Morgan fingerprint density at radius 2 is 2.38 bits per heavy atom. The second-order valence-corrected chi connectivity index (χ2v) is 4.51. The molecule has 0 radical (unpaired) electrons. The second kappa shape index (κ2) is 2.46. The summed E-state index contributed by atoms with van der Waals surface area (Å²) in [6.45, 7) is 0. The molecule has 46 valence electrons. The molecule has 1 heterocycles. The zero-order chi connectivity index (χ0) is 5.98. The topological polar surface area (TPSA) is 25.8 Å². The average Bonchev–Trinajstić information content (AvgIpc) is 2.12. The summed E-state index contributed by atoms with van der Waals surface area (Å²) in [5, 5.41) is 7.08. The van der Waals surface area contributed by atoms with Crippen LogP contribution in [0.3, 0.4) is 0 Å². The van der Waals surface area contributed by atoms with Crippen LogP contribution in [0.15, 0.2) is 10.4 Å². The molecule has 0 atom stereocenters. The number of aromatic nitrogens is 2. The number of rotatable bonds is 1. The van der Waals surface area contributed by atoms with Crippen molar-refractivity contribution in [2.45, 2.75) is 5.03 Å². The predicted octanol–water partition coefficient (Wildman–Crippen LogP) is 1.16. The molecule has 1 aromatic heterocycles. The van der Waals surface area contributed by atoms with E-state index in [2.05, 4.69) is 22.1 Å². The van der Waals surface area contributed by atoms with Gasteiger partial charge in [0.15, 0.2) is 0 Å². The lowest BCUT2D eigenvalue weighted by atomic mass is 11.0. The van der Waals surface area contributed by atoms with Crippen LogP contribution in [0.25, 0.3) is 0 Å². The molecule has 0 saturated carbocycles. The van der Waals surface area contributed by atoms with Crippen molar-refractivity contribution in [3.05, 3.63) is 5.38 Å². The highest BCUT2D eigenvalue weighted by molar-refractivity contribution is 8.15. The lowest BCUT2D eigenvalue weighted by Gasteiger charge is -1.99. The Labute approximate surface area is 55.4 Å². The molecule has 0 fully saturated rings. The zero-order valence-corrected chi connectivity index (χ0v) is 6.54. The summed E-state index contributed by atoms with van der Waals surface area (Å²) >= 11 is 1.42. The molecule has 8 heavy (non-hydrogen) atoms. The third-order valence-corrected chi connectivity index (χ3v) is 2.62. The minimum Gasteiger partial charge on any atom is -0.213 e. The van der Waals surface area contributed by atoms with Crippen molar-refractivity contribution in [1.29, 1.82) is 0 Å². The molecular weight excluding hydrogens is 140 g/mol. The van der Waals surface area contributed by atoms with Gasteiger partial charge < -0.3 is 0 Å². The molecule has 1 aromatic rings. The Hall–Kier alpha value is -0.0900. The first-order valence-electron chi connectivity index (χ1n) is 2.25. The van der Waals surface area contributed by atoms with Gasteiger partial charge in [-0.25, -0.2) is 10.9 Å². The molecule has 0 amide bonds. The van der Waals surface area contributed by atoms with Gasteiger partial charge in [-0.05, 0) is 24.0 Å². The van der Waals surface area contributed by atoms with Crippen molar-refractivity contribution in [1.82, 2.24) is 9.59 Å². The second-order valence-electron chi connectivity index (χ2n) is 1.66. The fraction of sp³-hybridized carbons (Fsp3) is 0.500. The molecule has 1 rings (SSSR count). The van der Waals surface area contributed by atoms with Gasteiger partial charge in [0.1, 0.15) is 5.03 Å². The van der Waals surface area contributed by atoms with Crippen molar-refractivity contribution in [3.8, 4) is 0 Å². The van der Waals surface area contributed by atoms with E-state index in [4.69, 9.17) is 0 Å². The fourth-order valence-electron chi connectivity index (χ4n) is 0.355. The highest BCUT2D eigenvalue weighted by Gasteiger charge is 1.94.